The SMILES string of the molecule is O=C(NCC(O)CN1CCOCC1)C(c1ccccc1)C1CC1. The van der Waals surface area contributed by atoms with E-state index in [4.69, 9.17) is 4.74 Å². The topological polar surface area (TPSA) is 61.8 Å². The predicted molar refractivity (Wildman–Crippen MR) is 88.2 cm³/mol. The number of hydrogen-bond donors (Lipinski definition) is 2. The first-order chi connectivity index (χ1) is 11.2. The maximum absolute atomic E-state index is 12.6. The number of hydrogen-bond acceptors (Lipinski definition) is 4. The molecule has 0 spiro atoms. The Kier molecular flexibility index (Phi) is 5.65. The van der Waals surface area contributed by atoms with Gasteiger partial charge in [0.1, 0.15) is 0 Å². The first-order valence-electron chi connectivity index (χ1n) is 8.55. The molecule has 1 aromatic carbocycles. The van der Waals surface area contributed by atoms with Gasteiger partial charge in [-0.25, -0.2) is 0 Å². The molecule has 126 valence electrons. The van der Waals surface area contributed by atoms with Crippen LogP contribution in [0.1, 0.15) is 24.3 Å². The molecule has 2 aliphatic rings. The van der Waals surface area contributed by atoms with Crippen LogP contribution in [0.15, 0.2) is 30.3 Å². The molecule has 5 heteroatoms. The Hall–Kier alpha value is -1.43. The number of ether oxygens (including phenoxy) is 1. The van der Waals surface area contributed by atoms with Gasteiger partial charge in [0, 0.05) is 26.2 Å². The van der Waals surface area contributed by atoms with Crippen molar-refractivity contribution in [3.63, 3.8) is 0 Å². The number of rotatable bonds is 7. The van der Waals surface area contributed by atoms with Gasteiger partial charge in [-0.2, -0.15) is 0 Å². The third-order valence-electron chi connectivity index (χ3n) is 4.62. The summed E-state index contributed by atoms with van der Waals surface area (Å²) >= 11 is 0. The Morgan fingerprint density at radius 2 is 1.96 bits per heavy atom. The number of carbonyl (C=O) groups is 1. The molecule has 23 heavy (non-hydrogen) atoms. The van der Waals surface area contributed by atoms with Crippen molar-refractivity contribution in [3.8, 4) is 0 Å². The van der Waals surface area contributed by atoms with Crippen LogP contribution in [-0.4, -0.2) is 61.4 Å². The van der Waals surface area contributed by atoms with Gasteiger partial charge in [0.25, 0.3) is 0 Å². The molecule has 1 aliphatic heterocycles. The van der Waals surface area contributed by atoms with E-state index in [9.17, 15) is 9.90 Å². The largest absolute Gasteiger partial charge is 0.390 e. The molecule has 1 aromatic rings. The molecule has 1 saturated heterocycles. The maximum atomic E-state index is 12.6. The predicted octanol–water partition coefficient (Wildman–Crippen LogP) is 0.990. The third kappa shape index (κ3) is 4.77. The van der Waals surface area contributed by atoms with Gasteiger partial charge in [0.05, 0.1) is 25.2 Å². The monoisotopic (exact) mass is 318 g/mol. The number of carbonyl (C=O) groups excluding carboxylic acids is 1. The molecule has 1 saturated carbocycles. The molecule has 0 aromatic heterocycles. The van der Waals surface area contributed by atoms with E-state index in [1.165, 1.54) is 0 Å². The number of morpholine rings is 1. The number of aliphatic hydroxyl groups is 1. The highest BCUT2D eigenvalue weighted by molar-refractivity contribution is 5.84. The van der Waals surface area contributed by atoms with E-state index in [1.807, 2.05) is 30.3 Å². The summed E-state index contributed by atoms with van der Waals surface area (Å²) in [6.07, 6.45) is 1.69. The average molecular weight is 318 g/mol. The van der Waals surface area contributed by atoms with Gasteiger partial charge in [-0.05, 0) is 24.3 Å². The Balaban J connectivity index is 1.49. The summed E-state index contributed by atoms with van der Waals surface area (Å²) in [5, 5.41) is 13.1. The highest BCUT2D eigenvalue weighted by atomic mass is 16.5. The van der Waals surface area contributed by atoms with Crippen molar-refractivity contribution in [2.45, 2.75) is 24.9 Å². The van der Waals surface area contributed by atoms with Crippen molar-refractivity contribution in [1.29, 1.82) is 0 Å². The summed E-state index contributed by atoms with van der Waals surface area (Å²) in [5.41, 5.74) is 1.08. The smallest absolute Gasteiger partial charge is 0.227 e. The third-order valence-corrected chi connectivity index (χ3v) is 4.62. The Morgan fingerprint density at radius 3 is 2.61 bits per heavy atom. The van der Waals surface area contributed by atoms with Gasteiger partial charge in [-0.15, -0.1) is 0 Å². The van der Waals surface area contributed by atoms with Crippen molar-refractivity contribution >= 4 is 5.91 Å². The van der Waals surface area contributed by atoms with Crippen LogP contribution in [0.4, 0.5) is 0 Å². The van der Waals surface area contributed by atoms with Crippen LogP contribution in [0.2, 0.25) is 0 Å². The fourth-order valence-corrected chi connectivity index (χ4v) is 3.20. The maximum Gasteiger partial charge on any atom is 0.227 e. The van der Waals surface area contributed by atoms with Gasteiger partial charge >= 0.3 is 0 Å². The standard InChI is InChI=1S/C18H26N2O3/c21-16(13-20-8-10-23-11-9-20)12-19-18(22)17(15-6-7-15)14-4-2-1-3-5-14/h1-5,15-17,21H,6-13H2,(H,19,22). The van der Waals surface area contributed by atoms with Crippen LogP contribution < -0.4 is 5.32 Å². The second-order valence-electron chi connectivity index (χ2n) is 6.54. The number of nitrogens with one attached hydrogen (secondary N) is 1. The lowest BCUT2D eigenvalue weighted by molar-refractivity contribution is -0.123. The second kappa shape index (κ2) is 7.90. The zero-order valence-electron chi connectivity index (χ0n) is 13.5. The summed E-state index contributed by atoms with van der Waals surface area (Å²) in [4.78, 5) is 14.7. The van der Waals surface area contributed by atoms with E-state index >= 15 is 0 Å². The summed E-state index contributed by atoms with van der Waals surface area (Å²) in [5.74, 6) is 0.417. The summed E-state index contributed by atoms with van der Waals surface area (Å²) in [7, 11) is 0. The van der Waals surface area contributed by atoms with E-state index in [2.05, 4.69) is 10.2 Å². The fraction of sp³-hybridized carbons (Fsp3) is 0.611. The fourth-order valence-electron chi connectivity index (χ4n) is 3.20. The molecule has 3 rings (SSSR count). The van der Waals surface area contributed by atoms with E-state index in [0.29, 0.717) is 19.0 Å². The quantitative estimate of drug-likeness (QED) is 0.787. The van der Waals surface area contributed by atoms with E-state index in [0.717, 1.165) is 44.7 Å². The molecule has 2 fully saturated rings. The van der Waals surface area contributed by atoms with Crippen molar-refractivity contribution in [2.75, 3.05) is 39.4 Å². The van der Waals surface area contributed by atoms with Crippen LogP contribution in [0.5, 0.6) is 0 Å². The van der Waals surface area contributed by atoms with E-state index in [1.54, 1.807) is 0 Å². The molecule has 0 radical (unpaired) electrons. The van der Waals surface area contributed by atoms with E-state index in [-0.39, 0.29) is 11.8 Å². The van der Waals surface area contributed by atoms with Crippen LogP contribution in [0.3, 0.4) is 0 Å². The van der Waals surface area contributed by atoms with Crippen LogP contribution in [0.25, 0.3) is 0 Å². The zero-order chi connectivity index (χ0) is 16.1. The van der Waals surface area contributed by atoms with Crippen LogP contribution >= 0.6 is 0 Å². The Bertz CT molecular complexity index is 498. The van der Waals surface area contributed by atoms with Crippen LogP contribution in [-0.2, 0) is 9.53 Å². The second-order valence-corrected chi connectivity index (χ2v) is 6.54. The summed E-state index contributed by atoms with van der Waals surface area (Å²) < 4.78 is 5.30. The highest BCUT2D eigenvalue weighted by Gasteiger charge is 2.37. The van der Waals surface area contributed by atoms with Crippen molar-refractivity contribution in [3.05, 3.63) is 35.9 Å². The van der Waals surface area contributed by atoms with Crippen molar-refractivity contribution in [1.82, 2.24) is 10.2 Å². The van der Waals surface area contributed by atoms with Crippen molar-refractivity contribution in [2.24, 2.45) is 5.92 Å². The number of β-amino-alcohol motifs (C(OH)–C–C–N with tert-alkyl or cyclic N) is 1. The number of amides is 1. The molecule has 2 unspecified atom stereocenters. The Labute approximate surface area is 137 Å². The summed E-state index contributed by atoms with van der Waals surface area (Å²) in [6, 6.07) is 9.97. The first kappa shape index (κ1) is 16.4. The van der Waals surface area contributed by atoms with Crippen molar-refractivity contribution < 1.29 is 14.6 Å². The lowest BCUT2D eigenvalue weighted by Gasteiger charge is -2.28. The molecule has 1 heterocycles. The molecule has 0 bridgehead atoms. The van der Waals surface area contributed by atoms with E-state index < -0.39 is 6.10 Å². The minimum atomic E-state index is -0.535. The summed E-state index contributed by atoms with van der Waals surface area (Å²) in [6.45, 7) is 4.03. The minimum absolute atomic E-state index is 0.0414. The Morgan fingerprint density at radius 1 is 1.26 bits per heavy atom. The lowest BCUT2D eigenvalue weighted by Crippen LogP contribution is -2.45. The minimum Gasteiger partial charge on any atom is -0.390 e. The molecular formula is C18H26N2O3. The molecular weight excluding hydrogens is 292 g/mol. The number of nitrogens with zero attached hydrogens (tertiary/aromatic N) is 1. The normalized spacial score (nSPS) is 21.6. The zero-order valence-corrected chi connectivity index (χ0v) is 13.5. The number of benzene rings is 1. The van der Waals surface area contributed by atoms with Crippen LogP contribution in [0, 0.1) is 5.92 Å². The molecule has 2 atom stereocenters. The average Bonchev–Trinajstić information content (AvgIpc) is 3.40. The van der Waals surface area contributed by atoms with Gasteiger partial charge < -0.3 is 15.2 Å². The molecule has 5 nitrogen and oxygen atoms in total. The van der Waals surface area contributed by atoms with Gasteiger partial charge in [0.2, 0.25) is 5.91 Å². The first-order valence-corrected chi connectivity index (χ1v) is 8.55. The molecule has 1 amide bonds. The molecule has 1 aliphatic carbocycles. The van der Waals surface area contributed by atoms with Gasteiger partial charge in [0.15, 0.2) is 0 Å². The van der Waals surface area contributed by atoms with Gasteiger partial charge in [-0.1, -0.05) is 30.3 Å². The lowest BCUT2D eigenvalue weighted by atomic mass is 9.93. The number of aliphatic hydroxyl groups excluding tert-OH is 1. The highest BCUT2D eigenvalue weighted by Crippen LogP contribution is 2.42. The molecule has 2 N–H and O–H groups in total. The van der Waals surface area contributed by atoms with Gasteiger partial charge in [-0.3, -0.25) is 9.69 Å².